The molecule has 0 atom stereocenters. The third-order valence-electron chi connectivity index (χ3n) is 2.64. The van der Waals surface area contributed by atoms with Gasteiger partial charge in [-0.25, -0.2) is 4.79 Å². The third-order valence-corrected chi connectivity index (χ3v) is 2.64. The Balaban J connectivity index is 2.02. The smallest absolute Gasteiger partial charge is 0.359 e. The fourth-order valence-electron chi connectivity index (χ4n) is 1.77. The van der Waals surface area contributed by atoms with Gasteiger partial charge in [-0.15, -0.1) is 10.2 Å². The summed E-state index contributed by atoms with van der Waals surface area (Å²) in [6.45, 7) is 7.31. The molecule has 98 valence electrons. The maximum absolute atomic E-state index is 11.6. The van der Waals surface area contributed by atoms with E-state index in [9.17, 15) is 4.79 Å². The van der Waals surface area contributed by atoms with Gasteiger partial charge >= 0.3 is 5.97 Å². The Kier molecular flexibility index (Phi) is 4.09. The maximum Gasteiger partial charge on any atom is 0.359 e. The van der Waals surface area contributed by atoms with E-state index >= 15 is 0 Å². The lowest BCUT2D eigenvalue weighted by Crippen LogP contribution is -2.44. The molecule has 18 heavy (non-hydrogen) atoms. The Hall–Kier alpha value is -1.69. The van der Waals surface area contributed by atoms with Crippen molar-refractivity contribution in [3.05, 3.63) is 17.8 Å². The quantitative estimate of drug-likeness (QED) is 0.786. The molecule has 2 rings (SSSR count). The van der Waals surface area contributed by atoms with Gasteiger partial charge in [-0.2, -0.15) is 0 Å². The zero-order valence-electron chi connectivity index (χ0n) is 10.7. The van der Waals surface area contributed by atoms with Crippen LogP contribution in [0, 0.1) is 0 Å². The van der Waals surface area contributed by atoms with E-state index in [1.807, 2.05) is 6.07 Å². The molecule has 1 aromatic heterocycles. The Morgan fingerprint density at radius 3 is 2.61 bits per heavy atom. The van der Waals surface area contributed by atoms with E-state index in [-0.39, 0.29) is 11.8 Å². The zero-order chi connectivity index (χ0) is 13.0. The van der Waals surface area contributed by atoms with Crippen molar-refractivity contribution in [2.75, 3.05) is 31.1 Å². The predicted molar refractivity (Wildman–Crippen MR) is 67.7 cm³/mol. The van der Waals surface area contributed by atoms with Gasteiger partial charge in [0.1, 0.15) is 0 Å². The van der Waals surface area contributed by atoms with Gasteiger partial charge in [0.15, 0.2) is 11.5 Å². The Labute approximate surface area is 106 Å². The highest BCUT2D eigenvalue weighted by Crippen LogP contribution is 2.10. The second-order valence-corrected chi connectivity index (χ2v) is 4.47. The number of hydrogen-bond acceptors (Lipinski definition) is 6. The summed E-state index contributed by atoms with van der Waals surface area (Å²) in [5.41, 5.74) is 0.252. The molecule has 0 unspecified atom stereocenters. The number of carbonyl (C=O) groups excluding carboxylic acids is 1. The topological polar surface area (TPSA) is 67.3 Å². The van der Waals surface area contributed by atoms with Crippen LogP contribution >= 0.6 is 0 Å². The van der Waals surface area contributed by atoms with Gasteiger partial charge in [-0.1, -0.05) is 0 Å². The standard InChI is InChI=1S/C12H18N4O2/c1-9(2)18-12(17)10-3-4-11(15-14-10)16-7-5-13-6-8-16/h3-4,9,13H,5-8H2,1-2H3. The van der Waals surface area contributed by atoms with Crippen molar-refractivity contribution in [3.8, 4) is 0 Å². The molecule has 1 fully saturated rings. The minimum absolute atomic E-state index is 0.146. The van der Waals surface area contributed by atoms with Crippen LogP contribution in [0.15, 0.2) is 12.1 Å². The summed E-state index contributed by atoms with van der Waals surface area (Å²) in [6.07, 6.45) is -0.146. The average molecular weight is 250 g/mol. The molecule has 0 spiro atoms. The van der Waals surface area contributed by atoms with Gasteiger partial charge < -0.3 is 15.0 Å². The monoisotopic (exact) mass is 250 g/mol. The lowest BCUT2D eigenvalue weighted by atomic mass is 10.3. The molecule has 6 heteroatoms. The highest BCUT2D eigenvalue weighted by Gasteiger charge is 2.15. The van der Waals surface area contributed by atoms with Crippen molar-refractivity contribution in [3.63, 3.8) is 0 Å². The average Bonchev–Trinajstić information content (AvgIpc) is 2.39. The number of ether oxygens (including phenoxy) is 1. The van der Waals surface area contributed by atoms with E-state index in [2.05, 4.69) is 20.4 Å². The first-order chi connectivity index (χ1) is 8.66. The zero-order valence-corrected chi connectivity index (χ0v) is 10.7. The molecule has 1 aliphatic heterocycles. The second kappa shape index (κ2) is 5.77. The van der Waals surface area contributed by atoms with Crippen LogP contribution in [0.25, 0.3) is 0 Å². The summed E-state index contributed by atoms with van der Waals surface area (Å²) in [6, 6.07) is 3.48. The summed E-state index contributed by atoms with van der Waals surface area (Å²) < 4.78 is 5.06. The molecule has 1 N–H and O–H groups in total. The molecule has 0 amide bonds. The summed E-state index contributed by atoms with van der Waals surface area (Å²) in [4.78, 5) is 13.7. The van der Waals surface area contributed by atoms with Crippen molar-refractivity contribution < 1.29 is 9.53 Å². The normalized spacial score (nSPS) is 15.8. The van der Waals surface area contributed by atoms with E-state index in [1.165, 1.54) is 0 Å². The Bertz CT molecular complexity index is 399. The number of esters is 1. The second-order valence-electron chi connectivity index (χ2n) is 4.47. The number of rotatable bonds is 3. The first kappa shape index (κ1) is 12.8. The van der Waals surface area contributed by atoms with Crippen LogP contribution in [0.2, 0.25) is 0 Å². The predicted octanol–water partition coefficient (Wildman–Crippen LogP) is 0.451. The molecule has 1 aliphatic rings. The van der Waals surface area contributed by atoms with E-state index < -0.39 is 5.97 Å². The molecule has 0 aliphatic carbocycles. The van der Waals surface area contributed by atoms with Gasteiger partial charge in [0.25, 0.3) is 0 Å². The number of hydrogen-bond donors (Lipinski definition) is 1. The first-order valence-electron chi connectivity index (χ1n) is 6.17. The first-order valence-corrected chi connectivity index (χ1v) is 6.17. The van der Waals surface area contributed by atoms with Gasteiger partial charge in [-0.3, -0.25) is 0 Å². The molecule has 1 saturated heterocycles. The van der Waals surface area contributed by atoms with Crippen molar-refractivity contribution in [1.82, 2.24) is 15.5 Å². The van der Waals surface area contributed by atoms with E-state index in [1.54, 1.807) is 19.9 Å². The molecule has 1 aromatic rings. The fourth-order valence-corrected chi connectivity index (χ4v) is 1.77. The molecule has 6 nitrogen and oxygen atoms in total. The van der Waals surface area contributed by atoms with E-state index in [4.69, 9.17) is 4.74 Å². The fraction of sp³-hybridized carbons (Fsp3) is 0.583. The van der Waals surface area contributed by atoms with Gasteiger partial charge in [0.05, 0.1) is 6.10 Å². The van der Waals surface area contributed by atoms with Crippen molar-refractivity contribution in [2.24, 2.45) is 0 Å². The van der Waals surface area contributed by atoms with Crippen molar-refractivity contribution >= 4 is 11.8 Å². The number of carbonyl (C=O) groups is 1. The van der Waals surface area contributed by atoms with Crippen molar-refractivity contribution in [1.29, 1.82) is 0 Å². The van der Waals surface area contributed by atoms with E-state index in [0.29, 0.717) is 0 Å². The summed E-state index contributed by atoms with van der Waals surface area (Å²) in [5.74, 6) is 0.377. The Morgan fingerprint density at radius 1 is 1.33 bits per heavy atom. The third kappa shape index (κ3) is 3.16. The summed E-state index contributed by atoms with van der Waals surface area (Å²) >= 11 is 0. The minimum atomic E-state index is -0.427. The number of nitrogens with one attached hydrogen (secondary N) is 1. The van der Waals surface area contributed by atoms with Crippen LogP contribution in [-0.4, -0.2) is 48.4 Å². The highest BCUT2D eigenvalue weighted by molar-refractivity contribution is 5.87. The number of anilines is 1. The molecular formula is C12H18N4O2. The molecule has 0 saturated carbocycles. The number of piperazine rings is 1. The molecule has 0 radical (unpaired) electrons. The lowest BCUT2D eigenvalue weighted by Gasteiger charge is -2.27. The van der Waals surface area contributed by atoms with Crippen LogP contribution in [0.1, 0.15) is 24.3 Å². The van der Waals surface area contributed by atoms with Gasteiger partial charge in [0, 0.05) is 26.2 Å². The summed E-state index contributed by atoms with van der Waals surface area (Å²) in [7, 11) is 0. The molecule has 2 heterocycles. The van der Waals surface area contributed by atoms with Gasteiger partial charge in [0.2, 0.25) is 0 Å². The largest absolute Gasteiger partial charge is 0.458 e. The van der Waals surface area contributed by atoms with Crippen LogP contribution in [0.5, 0.6) is 0 Å². The Morgan fingerprint density at radius 2 is 2.06 bits per heavy atom. The minimum Gasteiger partial charge on any atom is -0.458 e. The number of nitrogens with zero attached hydrogens (tertiary/aromatic N) is 3. The van der Waals surface area contributed by atoms with Gasteiger partial charge in [-0.05, 0) is 26.0 Å². The molecular weight excluding hydrogens is 232 g/mol. The SMILES string of the molecule is CC(C)OC(=O)c1ccc(N2CCNCC2)nn1. The van der Waals surface area contributed by atoms with Crippen LogP contribution < -0.4 is 10.2 Å². The maximum atomic E-state index is 11.6. The van der Waals surface area contributed by atoms with Crippen LogP contribution in [-0.2, 0) is 4.74 Å². The van der Waals surface area contributed by atoms with Crippen molar-refractivity contribution in [2.45, 2.75) is 20.0 Å². The van der Waals surface area contributed by atoms with Crippen LogP contribution in [0.4, 0.5) is 5.82 Å². The molecule has 0 bridgehead atoms. The lowest BCUT2D eigenvalue weighted by molar-refractivity contribution is 0.0369. The molecule has 0 aromatic carbocycles. The summed E-state index contributed by atoms with van der Waals surface area (Å²) in [5, 5.41) is 11.3. The number of aromatic nitrogens is 2. The highest BCUT2D eigenvalue weighted by atomic mass is 16.5. The van der Waals surface area contributed by atoms with E-state index in [0.717, 1.165) is 32.0 Å². The van der Waals surface area contributed by atoms with Crippen LogP contribution in [0.3, 0.4) is 0 Å².